The molecule has 0 saturated heterocycles. The number of rotatable bonds is 8. The number of guanidine groups is 1. The number of hydrogen-bond donors (Lipinski definition) is 2. The van der Waals surface area contributed by atoms with Crippen LogP contribution < -0.4 is 10.6 Å². The van der Waals surface area contributed by atoms with Crippen molar-refractivity contribution in [1.82, 2.24) is 15.2 Å². The molecule has 0 fully saturated rings. The minimum atomic E-state index is -0.0242. The second kappa shape index (κ2) is 10.9. The summed E-state index contributed by atoms with van der Waals surface area (Å²) in [4.78, 5) is 23.2. The molecule has 27 heavy (non-hydrogen) atoms. The molecule has 0 atom stereocenters. The van der Waals surface area contributed by atoms with Crippen molar-refractivity contribution in [2.75, 3.05) is 25.5 Å². The van der Waals surface area contributed by atoms with Crippen LogP contribution in [0.1, 0.15) is 30.5 Å². The first-order chi connectivity index (χ1) is 13.0. The van der Waals surface area contributed by atoms with Gasteiger partial charge in [-0.15, -0.1) is 11.3 Å². The van der Waals surface area contributed by atoms with E-state index in [1.165, 1.54) is 0 Å². The average molecular weight is 408 g/mol. The molecule has 0 aliphatic carbocycles. The topological polar surface area (TPSA) is 69.6 Å². The van der Waals surface area contributed by atoms with E-state index in [0.717, 1.165) is 28.9 Å². The van der Waals surface area contributed by atoms with Gasteiger partial charge in [-0.3, -0.25) is 9.79 Å². The highest BCUT2D eigenvalue weighted by Crippen LogP contribution is 2.14. The minimum Gasteiger partial charge on any atom is -0.357 e. The number of hydrogen-bond acceptors (Lipinski definition) is 4. The van der Waals surface area contributed by atoms with E-state index < -0.39 is 0 Å². The number of thiazole rings is 1. The molecule has 0 aliphatic heterocycles. The van der Waals surface area contributed by atoms with Gasteiger partial charge in [0.05, 0.1) is 17.2 Å². The van der Waals surface area contributed by atoms with Crippen LogP contribution in [0.2, 0.25) is 5.02 Å². The van der Waals surface area contributed by atoms with E-state index in [9.17, 15) is 4.79 Å². The monoisotopic (exact) mass is 407 g/mol. The van der Waals surface area contributed by atoms with Gasteiger partial charge in [0.15, 0.2) is 5.96 Å². The van der Waals surface area contributed by atoms with Crippen LogP contribution in [0.15, 0.2) is 34.6 Å². The number of amides is 1. The van der Waals surface area contributed by atoms with Gasteiger partial charge in [-0.1, -0.05) is 11.6 Å². The summed E-state index contributed by atoms with van der Waals surface area (Å²) in [5.41, 5.74) is 1.78. The Labute approximate surface area is 169 Å². The van der Waals surface area contributed by atoms with Crippen molar-refractivity contribution in [1.29, 1.82) is 0 Å². The lowest BCUT2D eigenvalue weighted by Crippen LogP contribution is -2.38. The van der Waals surface area contributed by atoms with Gasteiger partial charge in [0, 0.05) is 42.6 Å². The first-order valence-corrected chi connectivity index (χ1v) is 10.2. The molecule has 1 aromatic heterocycles. The van der Waals surface area contributed by atoms with Crippen molar-refractivity contribution in [3.63, 3.8) is 0 Å². The zero-order valence-corrected chi connectivity index (χ0v) is 17.5. The third kappa shape index (κ3) is 7.56. The third-order valence-electron chi connectivity index (χ3n) is 3.71. The summed E-state index contributed by atoms with van der Waals surface area (Å²) in [5.74, 6) is 0.796. The number of aryl methyl sites for hydroxylation is 1. The van der Waals surface area contributed by atoms with E-state index in [4.69, 9.17) is 11.6 Å². The van der Waals surface area contributed by atoms with Gasteiger partial charge >= 0.3 is 0 Å². The van der Waals surface area contributed by atoms with Crippen molar-refractivity contribution in [3.05, 3.63) is 45.4 Å². The van der Waals surface area contributed by atoms with Crippen molar-refractivity contribution in [2.45, 2.75) is 33.2 Å². The molecule has 6 nitrogen and oxygen atoms in total. The highest BCUT2D eigenvalue weighted by molar-refractivity contribution is 7.09. The maximum Gasteiger partial charge on any atom is 0.224 e. The standard InChI is InChI=1S/C19H26ClN5OS/c1-4-21-19(25(3)12-17-13-27-14(2)23-17)22-11-5-6-18(26)24-16-9-7-15(20)8-10-16/h7-10,13H,4-6,11-12H2,1-3H3,(H,21,22)(H,24,26). The van der Waals surface area contributed by atoms with Crippen LogP contribution in [0.5, 0.6) is 0 Å². The second-order valence-electron chi connectivity index (χ2n) is 6.11. The first kappa shape index (κ1) is 21.2. The van der Waals surface area contributed by atoms with Gasteiger partial charge in [-0.25, -0.2) is 4.98 Å². The summed E-state index contributed by atoms with van der Waals surface area (Å²) in [6, 6.07) is 7.08. The minimum absolute atomic E-state index is 0.0242. The van der Waals surface area contributed by atoms with Crippen LogP contribution >= 0.6 is 22.9 Å². The van der Waals surface area contributed by atoms with Crippen molar-refractivity contribution >= 4 is 40.5 Å². The summed E-state index contributed by atoms with van der Waals surface area (Å²) >= 11 is 7.49. The number of benzene rings is 1. The van der Waals surface area contributed by atoms with Crippen molar-refractivity contribution in [2.24, 2.45) is 4.99 Å². The predicted octanol–water partition coefficient (Wildman–Crippen LogP) is 3.92. The van der Waals surface area contributed by atoms with E-state index in [-0.39, 0.29) is 5.91 Å². The van der Waals surface area contributed by atoms with Crippen LogP contribution in [-0.4, -0.2) is 41.9 Å². The molecule has 1 heterocycles. The van der Waals surface area contributed by atoms with Crippen LogP contribution in [0.25, 0.3) is 0 Å². The van der Waals surface area contributed by atoms with E-state index in [1.807, 2.05) is 25.8 Å². The quantitative estimate of drug-likeness (QED) is 0.395. The number of carbonyl (C=O) groups is 1. The molecule has 0 radical (unpaired) electrons. The SMILES string of the molecule is CCNC(=NCCCC(=O)Nc1ccc(Cl)cc1)N(C)Cc1csc(C)n1. The Morgan fingerprint density at radius 3 is 2.70 bits per heavy atom. The summed E-state index contributed by atoms with van der Waals surface area (Å²) in [7, 11) is 1.99. The third-order valence-corrected chi connectivity index (χ3v) is 4.79. The lowest BCUT2D eigenvalue weighted by molar-refractivity contribution is -0.116. The fourth-order valence-electron chi connectivity index (χ4n) is 2.45. The number of aromatic nitrogens is 1. The highest BCUT2D eigenvalue weighted by Gasteiger charge is 2.09. The number of aliphatic imine (C=N–C) groups is 1. The second-order valence-corrected chi connectivity index (χ2v) is 7.61. The molecule has 0 aliphatic rings. The van der Waals surface area contributed by atoms with Crippen LogP contribution in [0.3, 0.4) is 0 Å². The van der Waals surface area contributed by atoms with E-state index >= 15 is 0 Å². The maximum absolute atomic E-state index is 12.0. The molecule has 2 aromatic rings. The summed E-state index contributed by atoms with van der Waals surface area (Å²) in [6.45, 7) is 6.11. The van der Waals surface area contributed by atoms with Gasteiger partial charge < -0.3 is 15.5 Å². The molecule has 8 heteroatoms. The Balaban J connectivity index is 1.79. The fraction of sp³-hybridized carbons (Fsp3) is 0.421. The van der Waals surface area contributed by atoms with Gasteiger partial charge in [0.1, 0.15) is 0 Å². The number of nitrogens with zero attached hydrogens (tertiary/aromatic N) is 3. The molecule has 2 N–H and O–H groups in total. The number of carbonyl (C=O) groups excluding carboxylic acids is 1. The van der Waals surface area contributed by atoms with Crippen molar-refractivity contribution in [3.8, 4) is 0 Å². The summed E-state index contributed by atoms with van der Waals surface area (Å²) in [6.07, 6.45) is 1.10. The zero-order valence-electron chi connectivity index (χ0n) is 16.0. The van der Waals surface area contributed by atoms with Gasteiger partial charge in [0.2, 0.25) is 5.91 Å². The Hall–Kier alpha value is -2.12. The lowest BCUT2D eigenvalue weighted by atomic mass is 10.2. The normalized spacial score (nSPS) is 11.3. The molecule has 0 unspecified atom stereocenters. The molecular weight excluding hydrogens is 382 g/mol. The Morgan fingerprint density at radius 2 is 2.07 bits per heavy atom. The van der Waals surface area contributed by atoms with E-state index in [0.29, 0.717) is 31.0 Å². The van der Waals surface area contributed by atoms with Crippen LogP contribution in [0.4, 0.5) is 5.69 Å². The number of nitrogens with one attached hydrogen (secondary N) is 2. The zero-order chi connectivity index (χ0) is 19.6. The molecule has 0 bridgehead atoms. The Kier molecular flexibility index (Phi) is 8.54. The fourth-order valence-corrected chi connectivity index (χ4v) is 3.18. The highest BCUT2D eigenvalue weighted by atomic mass is 35.5. The largest absolute Gasteiger partial charge is 0.357 e. The summed E-state index contributed by atoms with van der Waals surface area (Å²) in [5, 5.41) is 9.92. The lowest BCUT2D eigenvalue weighted by Gasteiger charge is -2.21. The number of halogens is 1. The summed E-state index contributed by atoms with van der Waals surface area (Å²) < 4.78 is 0. The van der Waals surface area contributed by atoms with Crippen molar-refractivity contribution < 1.29 is 4.79 Å². The first-order valence-electron chi connectivity index (χ1n) is 8.93. The molecule has 1 amide bonds. The average Bonchev–Trinajstić information content (AvgIpc) is 3.04. The molecule has 0 spiro atoms. The molecule has 0 saturated carbocycles. The van der Waals surface area contributed by atoms with E-state index in [1.54, 1.807) is 35.6 Å². The molecule has 146 valence electrons. The predicted molar refractivity (Wildman–Crippen MR) is 114 cm³/mol. The van der Waals surface area contributed by atoms with Gasteiger partial charge in [-0.05, 0) is 44.5 Å². The maximum atomic E-state index is 12.0. The van der Waals surface area contributed by atoms with Crippen LogP contribution in [-0.2, 0) is 11.3 Å². The van der Waals surface area contributed by atoms with Gasteiger partial charge in [0.25, 0.3) is 0 Å². The van der Waals surface area contributed by atoms with E-state index in [2.05, 4.69) is 26.0 Å². The van der Waals surface area contributed by atoms with Gasteiger partial charge in [-0.2, -0.15) is 0 Å². The van der Waals surface area contributed by atoms with Crippen LogP contribution in [0, 0.1) is 6.92 Å². The Morgan fingerprint density at radius 1 is 1.33 bits per heavy atom. The smallest absolute Gasteiger partial charge is 0.224 e. The molecule has 1 aromatic carbocycles. The molecule has 2 rings (SSSR count). The Bertz CT molecular complexity index is 760. The molecular formula is C19H26ClN5OS. The number of anilines is 1.